The molecule has 3 rings (SSSR count). The Morgan fingerprint density at radius 3 is 2.54 bits per heavy atom. The standard InChI is InChI=1S/C23H22N2O3/c1-17-9-11-18(12-10-17)16-28-22-8-3-5-19(13-22)15-24-25-23(26)20-6-4-7-21(14-20)27-2/h3-15H,16H2,1-2H3,(H,25,26)/b24-15+. The van der Waals surface area contributed by atoms with E-state index < -0.39 is 0 Å². The summed E-state index contributed by atoms with van der Waals surface area (Å²) in [7, 11) is 1.56. The predicted octanol–water partition coefficient (Wildman–Crippen LogP) is 4.35. The second-order valence-corrected chi connectivity index (χ2v) is 6.28. The third kappa shape index (κ3) is 5.45. The molecule has 0 radical (unpaired) electrons. The molecular weight excluding hydrogens is 352 g/mol. The molecule has 3 aromatic carbocycles. The minimum absolute atomic E-state index is 0.304. The Labute approximate surface area is 164 Å². The van der Waals surface area contributed by atoms with Crippen molar-refractivity contribution < 1.29 is 14.3 Å². The molecule has 0 saturated heterocycles. The number of methoxy groups -OCH3 is 1. The molecule has 28 heavy (non-hydrogen) atoms. The van der Waals surface area contributed by atoms with Crippen LogP contribution in [-0.4, -0.2) is 19.2 Å². The Hall–Kier alpha value is -3.60. The molecule has 0 aliphatic heterocycles. The fourth-order valence-electron chi connectivity index (χ4n) is 2.53. The monoisotopic (exact) mass is 374 g/mol. The maximum absolute atomic E-state index is 12.1. The Balaban J connectivity index is 1.57. The summed E-state index contributed by atoms with van der Waals surface area (Å²) in [4.78, 5) is 12.1. The highest BCUT2D eigenvalue weighted by Crippen LogP contribution is 2.15. The molecule has 0 aliphatic carbocycles. The number of benzene rings is 3. The summed E-state index contributed by atoms with van der Waals surface area (Å²) in [5.74, 6) is 1.06. The van der Waals surface area contributed by atoms with Crippen LogP contribution in [0.25, 0.3) is 0 Å². The maximum atomic E-state index is 12.1. The zero-order chi connectivity index (χ0) is 19.8. The smallest absolute Gasteiger partial charge is 0.271 e. The number of aryl methyl sites for hydroxylation is 1. The summed E-state index contributed by atoms with van der Waals surface area (Å²) in [5.41, 5.74) is 6.15. The number of amides is 1. The van der Waals surface area contributed by atoms with Crippen LogP contribution in [0.5, 0.6) is 11.5 Å². The van der Waals surface area contributed by atoms with E-state index in [1.807, 2.05) is 24.3 Å². The molecule has 3 aromatic rings. The van der Waals surface area contributed by atoms with E-state index in [4.69, 9.17) is 9.47 Å². The molecule has 142 valence electrons. The molecule has 5 heteroatoms. The van der Waals surface area contributed by atoms with E-state index in [0.29, 0.717) is 17.9 Å². The van der Waals surface area contributed by atoms with E-state index in [1.165, 1.54) is 5.56 Å². The van der Waals surface area contributed by atoms with Gasteiger partial charge in [-0.3, -0.25) is 4.79 Å². The van der Waals surface area contributed by atoms with E-state index in [2.05, 4.69) is 41.7 Å². The fourth-order valence-corrected chi connectivity index (χ4v) is 2.53. The number of carbonyl (C=O) groups is 1. The van der Waals surface area contributed by atoms with Crippen LogP contribution in [-0.2, 0) is 6.61 Å². The van der Waals surface area contributed by atoms with Crippen LogP contribution >= 0.6 is 0 Å². The van der Waals surface area contributed by atoms with Gasteiger partial charge >= 0.3 is 0 Å². The quantitative estimate of drug-likeness (QED) is 0.494. The lowest BCUT2D eigenvalue weighted by Crippen LogP contribution is -2.17. The molecule has 0 atom stereocenters. The number of nitrogens with one attached hydrogen (secondary N) is 1. The first-order valence-electron chi connectivity index (χ1n) is 8.90. The lowest BCUT2D eigenvalue weighted by molar-refractivity contribution is 0.0955. The topological polar surface area (TPSA) is 59.9 Å². The number of carbonyl (C=O) groups excluding carboxylic acids is 1. The molecule has 0 heterocycles. The zero-order valence-corrected chi connectivity index (χ0v) is 15.9. The summed E-state index contributed by atoms with van der Waals surface area (Å²) >= 11 is 0. The van der Waals surface area contributed by atoms with Gasteiger partial charge in [-0.25, -0.2) is 5.43 Å². The van der Waals surface area contributed by atoms with Gasteiger partial charge in [0.1, 0.15) is 18.1 Å². The van der Waals surface area contributed by atoms with Crippen molar-refractivity contribution in [3.8, 4) is 11.5 Å². The first kappa shape index (κ1) is 19.2. The Kier molecular flexibility index (Phi) is 6.41. The molecule has 0 aromatic heterocycles. The number of hydrogen-bond donors (Lipinski definition) is 1. The van der Waals surface area contributed by atoms with Crippen molar-refractivity contribution in [1.82, 2.24) is 5.43 Å². The Bertz CT molecular complexity index is 966. The summed E-state index contributed by atoms with van der Waals surface area (Å²) in [5, 5.41) is 4.02. The Morgan fingerprint density at radius 2 is 1.75 bits per heavy atom. The first-order valence-corrected chi connectivity index (χ1v) is 8.90. The SMILES string of the molecule is COc1cccc(C(=O)N/N=C/c2cccc(OCc3ccc(C)cc3)c2)c1. The second-order valence-electron chi connectivity index (χ2n) is 6.28. The van der Waals surface area contributed by atoms with Crippen molar-refractivity contribution in [2.24, 2.45) is 5.10 Å². The van der Waals surface area contributed by atoms with Crippen molar-refractivity contribution >= 4 is 12.1 Å². The first-order chi connectivity index (χ1) is 13.6. The van der Waals surface area contributed by atoms with Crippen molar-refractivity contribution in [2.45, 2.75) is 13.5 Å². The van der Waals surface area contributed by atoms with Crippen molar-refractivity contribution in [3.05, 3.63) is 95.1 Å². The zero-order valence-electron chi connectivity index (χ0n) is 15.9. The van der Waals surface area contributed by atoms with Gasteiger partial charge in [0, 0.05) is 5.56 Å². The summed E-state index contributed by atoms with van der Waals surface area (Å²) in [6.07, 6.45) is 1.58. The lowest BCUT2D eigenvalue weighted by Gasteiger charge is -2.07. The van der Waals surface area contributed by atoms with Crippen LogP contribution in [0.1, 0.15) is 27.0 Å². The minimum Gasteiger partial charge on any atom is -0.497 e. The number of nitrogens with zero attached hydrogens (tertiary/aromatic N) is 1. The summed E-state index contributed by atoms with van der Waals surface area (Å²) < 4.78 is 11.0. The fraction of sp³-hybridized carbons (Fsp3) is 0.130. The molecule has 0 fully saturated rings. The normalized spacial score (nSPS) is 10.6. The van der Waals surface area contributed by atoms with Gasteiger partial charge in [-0.2, -0.15) is 5.10 Å². The van der Waals surface area contributed by atoms with Crippen LogP contribution < -0.4 is 14.9 Å². The Morgan fingerprint density at radius 1 is 1.00 bits per heavy atom. The van der Waals surface area contributed by atoms with Crippen molar-refractivity contribution in [3.63, 3.8) is 0 Å². The molecule has 5 nitrogen and oxygen atoms in total. The third-order valence-electron chi connectivity index (χ3n) is 4.10. The summed E-state index contributed by atoms with van der Waals surface area (Å²) in [6.45, 7) is 2.55. The van der Waals surface area contributed by atoms with Gasteiger partial charge in [0.15, 0.2) is 0 Å². The van der Waals surface area contributed by atoms with E-state index >= 15 is 0 Å². The molecule has 0 bridgehead atoms. The molecule has 0 unspecified atom stereocenters. The molecule has 0 saturated carbocycles. The van der Waals surface area contributed by atoms with Crippen molar-refractivity contribution in [1.29, 1.82) is 0 Å². The highest BCUT2D eigenvalue weighted by Gasteiger charge is 2.05. The summed E-state index contributed by atoms with van der Waals surface area (Å²) in [6, 6.07) is 22.7. The van der Waals surface area contributed by atoms with Crippen LogP contribution in [0.2, 0.25) is 0 Å². The highest BCUT2D eigenvalue weighted by molar-refractivity contribution is 5.95. The van der Waals surface area contributed by atoms with Gasteiger partial charge in [-0.05, 0) is 48.4 Å². The van der Waals surface area contributed by atoms with E-state index in [9.17, 15) is 4.79 Å². The maximum Gasteiger partial charge on any atom is 0.271 e. The minimum atomic E-state index is -0.304. The van der Waals surface area contributed by atoms with Gasteiger partial charge in [-0.15, -0.1) is 0 Å². The van der Waals surface area contributed by atoms with Crippen molar-refractivity contribution in [2.75, 3.05) is 7.11 Å². The van der Waals surface area contributed by atoms with Gasteiger partial charge in [0.2, 0.25) is 0 Å². The molecule has 1 amide bonds. The van der Waals surface area contributed by atoms with Crippen LogP contribution in [0.15, 0.2) is 77.9 Å². The largest absolute Gasteiger partial charge is 0.497 e. The van der Waals surface area contributed by atoms with Gasteiger partial charge < -0.3 is 9.47 Å². The van der Waals surface area contributed by atoms with Crippen LogP contribution in [0.3, 0.4) is 0 Å². The molecule has 0 aliphatic rings. The van der Waals surface area contributed by atoms with E-state index in [1.54, 1.807) is 37.6 Å². The average molecular weight is 374 g/mol. The lowest BCUT2D eigenvalue weighted by atomic mass is 10.2. The number of rotatable bonds is 7. The van der Waals surface area contributed by atoms with Gasteiger partial charge in [0.05, 0.1) is 13.3 Å². The van der Waals surface area contributed by atoms with E-state index in [-0.39, 0.29) is 5.91 Å². The van der Waals surface area contributed by atoms with Gasteiger partial charge in [-0.1, -0.05) is 48.0 Å². The number of hydrogen-bond acceptors (Lipinski definition) is 4. The van der Waals surface area contributed by atoms with Crippen LogP contribution in [0.4, 0.5) is 0 Å². The van der Waals surface area contributed by atoms with E-state index in [0.717, 1.165) is 16.9 Å². The molecule has 1 N–H and O–H groups in total. The molecule has 0 spiro atoms. The predicted molar refractivity (Wildman–Crippen MR) is 110 cm³/mol. The van der Waals surface area contributed by atoms with Crippen LogP contribution in [0, 0.1) is 6.92 Å². The number of hydrazone groups is 1. The highest BCUT2D eigenvalue weighted by atomic mass is 16.5. The molecular formula is C23H22N2O3. The average Bonchev–Trinajstić information content (AvgIpc) is 2.73. The number of ether oxygens (including phenoxy) is 2. The van der Waals surface area contributed by atoms with Gasteiger partial charge in [0.25, 0.3) is 5.91 Å². The second kappa shape index (κ2) is 9.37. The third-order valence-corrected chi connectivity index (χ3v) is 4.10.